The standard InChI is InChI=1S/3C19H18N2O4.C18H20N2O4.2C17H18N2O4/c1-19(2,3)9-8-11-4-5-12-13(10-11)18(25)21(17(12)24)14-6-7-15(22)20-16(14)23;2*1-19(2,3)10-9-11-5-4-6-12-15(11)18(25)21(17(12)24)13-7-8-14(22)20-16(13)23;1-18(2,3)9-10-4-5-11-12(8-10)17(24)20(16(11)23)13-6-7-14(21)19-15(13)22;1-17(2,3)9-4-5-10-11(8-9)16(23)19(15(10)22)12-6-7-13(20)18-14(12)21;1-17(2,3)10-6-4-5-9-13(10)16(23)19(15(9)22)11-7-8-12(20)18-14(11)21/h4-5,10,14H,6-7H2,1-3H3,(H,20,22,23);2*4-6,13H,7-8H2,1-3H3,(H,20,22,23);4-5,8,13H,6-7,9H2,1-3H3,(H,19,21,22);4-5,8,12H,6-7H2,1-3H3,(H,18,20,21);4-6,11H,7-8H2,1-3H3,(H,18,20,21). The fourth-order valence-electron chi connectivity index (χ4n) is 17.9. The van der Waals surface area contributed by atoms with E-state index in [4.69, 9.17) is 0 Å². The Morgan fingerprint density at radius 3 is 0.821 bits per heavy atom. The molecule has 750 valence electrons. The molecule has 6 aromatic rings. The van der Waals surface area contributed by atoms with E-state index in [9.17, 15) is 115 Å². The van der Waals surface area contributed by atoms with E-state index in [1.807, 2.05) is 122 Å². The SMILES string of the molecule is CC(C)(C)C#Cc1ccc2c(c1)C(=O)N(C1CCC(=O)NC1=O)C2=O.CC(C)(C)C#Cc1cccc2c1C(=O)N(C1CCC(=O)NC1=O)C2=O.CC(C)(C)C#Cc1cccc2c1C(=O)N(C1CCC(=O)NC1=O)C2=O.CC(C)(C)Cc1ccc2c(c1)C(=O)N(C1CCC(=O)NC1=O)C2=O.CC(C)(C)c1ccc2c(c1)C(=O)N(C1CCC(=O)NC1=O)C2=O.CC(C)(C)c1cccc2c1C(=O)N(C1CCC(=O)NC1=O)C2=O. The molecule has 6 N–H and O–H groups in total. The van der Waals surface area contributed by atoms with Crippen LogP contribution >= 0.6 is 0 Å². The number of hydrogen-bond donors (Lipinski definition) is 6. The van der Waals surface area contributed by atoms with E-state index < -0.39 is 160 Å². The van der Waals surface area contributed by atoms with Crippen LogP contribution in [0.4, 0.5) is 0 Å². The third-order valence-corrected chi connectivity index (χ3v) is 24.9. The van der Waals surface area contributed by atoms with Gasteiger partial charge in [0.1, 0.15) is 36.3 Å². The Morgan fingerprint density at radius 2 is 0.517 bits per heavy atom. The van der Waals surface area contributed by atoms with Crippen molar-refractivity contribution in [2.24, 2.45) is 21.7 Å². The lowest BCUT2D eigenvalue weighted by Crippen LogP contribution is -2.54. The van der Waals surface area contributed by atoms with Crippen LogP contribution in [0.15, 0.2) is 109 Å². The lowest BCUT2D eigenvalue weighted by Gasteiger charge is -2.28. The molecule has 18 rings (SSSR count). The number of nitrogens with one attached hydrogen (secondary N) is 6. The average Bonchev–Trinajstić information content (AvgIpc) is 1.60. The number of hydrogen-bond acceptors (Lipinski definition) is 24. The molecule has 0 radical (unpaired) electrons. The summed E-state index contributed by atoms with van der Waals surface area (Å²) in [4.78, 5) is 298. The van der Waals surface area contributed by atoms with Crippen LogP contribution in [-0.2, 0) is 74.8 Å². The molecule has 0 aromatic heterocycles. The van der Waals surface area contributed by atoms with Gasteiger partial charge in [0.15, 0.2) is 0 Å². The van der Waals surface area contributed by atoms with Gasteiger partial charge in [-0.05, 0) is 213 Å². The molecule has 24 amide bonds. The molecular formula is C109H110N12O24. The molecule has 12 aliphatic heterocycles. The van der Waals surface area contributed by atoms with Crippen molar-refractivity contribution < 1.29 is 115 Å². The van der Waals surface area contributed by atoms with E-state index >= 15 is 0 Å². The summed E-state index contributed by atoms with van der Waals surface area (Å²) in [5.74, 6) is 6.30. The lowest BCUT2D eigenvalue weighted by atomic mass is 9.82. The van der Waals surface area contributed by atoms with Crippen LogP contribution in [0.2, 0.25) is 0 Å². The predicted octanol–water partition coefficient (Wildman–Crippen LogP) is 8.90. The minimum absolute atomic E-state index is 0.0587. The minimum atomic E-state index is -0.964. The van der Waals surface area contributed by atoms with E-state index in [2.05, 4.69) is 88.2 Å². The highest BCUT2D eigenvalue weighted by Gasteiger charge is 2.53. The summed E-state index contributed by atoms with van der Waals surface area (Å²) in [6, 6.07) is 24.7. The summed E-state index contributed by atoms with van der Waals surface area (Å²) < 4.78 is 0. The van der Waals surface area contributed by atoms with Crippen molar-refractivity contribution >= 4 is 142 Å². The second kappa shape index (κ2) is 40.6. The molecule has 6 atom stereocenters. The van der Waals surface area contributed by atoms with Gasteiger partial charge >= 0.3 is 0 Å². The highest BCUT2D eigenvalue weighted by molar-refractivity contribution is 6.29. The largest absolute Gasteiger partial charge is 0.295 e. The molecule has 6 aromatic carbocycles. The van der Waals surface area contributed by atoms with E-state index in [1.165, 1.54) is 0 Å². The molecule has 145 heavy (non-hydrogen) atoms. The molecule has 6 fully saturated rings. The van der Waals surface area contributed by atoms with Gasteiger partial charge in [-0.3, -0.25) is 176 Å². The third kappa shape index (κ3) is 22.8. The van der Waals surface area contributed by atoms with Gasteiger partial charge in [0.25, 0.3) is 70.9 Å². The van der Waals surface area contributed by atoms with E-state index in [0.717, 1.165) is 52.5 Å². The number of fused-ring (bicyclic) bond motifs is 6. The zero-order valence-corrected chi connectivity index (χ0v) is 83.5. The normalized spacial score (nSPS) is 20.7. The number of carbonyl (C=O) groups excluding carboxylic acids is 24. The number of carbonyl (C=O) groups is 24. The summed E-state index contributed by atoms with van der Waals surface area (Å²) in [5.41, 5.74) is 6.66. The van der Waals surface area contributed by atoms with Gasteiger partial charge in [-0.1, -0.05) is 134 Å². The van der Waals surface area contributed by atoms with E-state index in [0.29, 0.717) is 50.1 Å². The molecule has 0 spiro atoms. The monoisotopic (exact) mass is 1970 g/mol. The summed E-state index contributed by atoms with van der Waals surface area (Å²) >= 11 is 0. The second-order valence-corrected chi connectivity index (χ2v) is 43.0. The maximum absolute atomic E-state index is 12.9. The van der Waals surface area contributed by atoms with Crippen molar-refractivity contribution in [2.45, 2.75) is 255 Å². The minimum Gasteiger partial charge on any atom is -0.295 e. The zero-order chi connectivity index (χ0) is 107. The number of piperidine rings is 6. The predicted molar refractivity (Wildman–Crippen MR) is 518 cm³/mol. The summed E-state index contributed by atoms with van der Waals surface area (Å²) in [6.07, 6.45) is 2.37. The first-order valence-electron chi connectivity index (χ1n) is 47.3. The first-order valence-corrected chi connectivity index (χ1v) is 47.3. The van der Waals surface area contributed by atoms with Crippen molar-refractivity contribution in [2.75, 3.05) is 0 Å². The Kier molecular flexibility index (Phi) is 29.7. The summed E-state index contributed by atoms with van der Waals surface area (Å²) in [6.45, 7) is 35.9. The maximum atomic E-state index is 12.9. The van der Waals surface area contributed by atoms with E-state index in [-0.39, 0.29) is 161 Å². The molecule has 12 heterocycles. The van der Waals surface area contributed by atoms with Crippen molar-refractivity contribution in [1.29, 1.82) is 0 Å². The number of benzene rings is 6. The second-order valence-electron chi connectivity index (χ2n) is 43.0. The van der Waals surface area contributed by atoms with Crippen LogP contribution in [-0.4, -0.2) is 207 Å². The molecule has 36 heteroatoms. The molecule has 6 unspecified atom stereocenters. The Hall–Kier alpha value is -16.3. The maximum Gasteiger partial charge on any atom is 0.263 e. The fraction of sp³-hybridized carbons (Fsp3) is 0.394. The highest BCUT2D eigenvalue weighted by Crippen LogP contribution is 2.40. The lowest BCUT2D eigenvalue weighted by molar-refractivity contribution is -0.137. The quantitative estimate of drug-likeness (QED) is 0.0641. The first-order chi connectivity index (χ1) is 67.6. The number of nitrogens with zero attached hydrogens (tertiary/aromatic N) is 6. The van der Waals surface area contributed by atoms with Crippen LogP contribution < -0.4 is 31.9 Å². The molecule has 0 bridgehead atoms. The molecule has 6 saturated heterocycles. The van der Waals surface area contributed by atoms with Crippen molar-refractivity contribution in [3.05, 3.63) is 209 Å². The van der Waals surface area contributed by atoms with Crippen LogP contribution in [0.3, 0.4) is 0 Å². The topological polar surface area (TPSA) is 501 Å². The van der Waals surface area contributed by atoms with Crippen LogP contribution in [0.25, 0.3) is 0 Å². The van der Waals surface area contributed by atoms with Crippen molar-refractivity contribution in [3.63, 3.8) is 0 Å². The van der Waals surface area contributed by atoms with Crippen LogP contribution in [0.1, 0.15) is 359 Å². The Balaban J connectivity index is 0.000000146. The molecule has 0 aliphatic carbocycles. The van der Waals surface area contributed by atoms with Gasteiger partial charge in [-0.2, -0.15) is 0 Å². The van der Waals surface area contributed by atoms with Gasteiger partial charge in [-0.15, -0.1) is 0 Å². The number of amides is 24. The highest BCUT2D eigenvalue weighted by atomic mass is 16.2. The summed E-state index contributed by atoms with van der Waals surface area (Å²) in [7, 11) is 0. The first kappa shape index (κ1) is 106. The molecular weight excluding hydrogens is 1860 g/mol. The van der Waals surface area contributed by atoms with Gasteiger partial charge in [0.2, 0.25) is 70.9 Å². The fourth-order valence-corrected chi connectivity index (χ4v) is 17.9. The van der Waals surface area contributed by atoms with Gasteiger partial charge in [0, 0.05) is 71.5 Å². The number of rotatable bonds is 7. The summed E-state index contributed by atoms with van der Waals surface area (Å²) in [5, 5.41) is 13.1. The van der Waals surface area contributed by atoms with Crippen molar-refractivity contribution in [3.8, 4) is 35.5 Å². The van der Waals surface area contributed by atoms with Gasteiger partial charge in [0.05, 0.1) is 66.8 Å². The van der Waals surface area contributed by atoms with E-state index in [1.54, 1.807) is 91.0 Å². The van der Waals surface area contributed by atoms with Crippen LogP contribution in [0, 0.1) is 57.2 Å². The molecule has 36 nitrogen and oxygen atoms in total. The Bertz CT molecular complexity index is 6810. The Morgan fingerprint density at radius 1 is 0.255 bits per heavy atom. The molecule has 0 saturated carbocycles. The average molecular weight is 1970 g/mol. The third-order valence-electron chi connectivity index (χ3n) is 24.9. The number of imide groups is 12. The molecule has 12 aliphatic rings. The smallest absolute Gasteiger partial charge is 0.263 e. The van der Waals surface area contributed by atoms with Gasteiger partial charge in [-0.25, -0.2) is 0 Å². The van der Waals surface area contributed by atoms with Gasteiger partial charge < -0.3 is 0 Å². The van der Waals surface area contributed by atoms with Crippen LogP contribution in [0.5, 0.6) is 0 Å². The van der Waals surface area contributed by atoms with Crippen molar-refractivity contribution in [1.82, 2.24) is 61.3 Å². The zero-order valence-electron chi connectivity index (χ0n) is 83.5. The Labute approximate surface area is 835 Å².